The zero-order chi connectivity index (χ0) is 23.0. The summed E-state index contributed by atoms with van der Waals surface area (Å²) in [7, 11) is -3.61. The molecular formula is C24H34N2O4S. The molecule has 0 bridgehead atoms. The molecule has 0 heterocycles. The number of nitrogens with one attached hydrogen (secondary N) is 1. The summed E-state index contributed by atoms with van der Waals surface area (Å²) in [6.45, 7) is 8.21. The van der Waals surface area contributed by atoms with Crippen molar-refractivity contribution in [3.05, 3.63) is 59.7 Å². The summed E-state index contributed by atoms with van der Waals surface area (Å²) in [5.74, 6) is 0.559. The smallest absolute Gasteiger partial charge is 0.243 e. The minimum absolute atomic E-state index is 0.138. The fraction of sp³-hybridized carbons (Fsp3) is 0.458. The van der Waals surface area contributed by atoms with Gasteiger partial charge in [-0.25, -0.2) is 8.42 Å². The van der Waals surface area contributed by atoms with Gasteiger partial charge in [-0.15, -0.1) is 0 Å². The molecular weight excluding hydrogens is 412 g/mol. The van der Waals surface area contributed by atoms with Crippen molar-refractivity contribution in [3.8, 4) is 5.75 Å². The second-order valence-corrected chi connectivity index (χ2v) is 9.88. The highest BCUT2D eigenvalue weighted by Crippen LogP contribution is 2.23. The van der Waals surface area contributed by atoms with Crippen LogP contribution in [-0.4, -0.2) is 39.3 Å². The van der Waals surface area contributed by atoms with Gasteiger partial charge >= 0.3 is 0 Å². The molecule has 0 aliphatic carbocycles. The number of ether oxygens (including phenoxy) is 1. The van der Waals surface area contributed by atoms with Gasteiger partial charge in [-0.05, 0) is 69.9 Å². The second-order valence-electron chi connectivity index (χ2n) is 8.02. The molecule has 1 unspecified atom stereocenters. The molecule has 1 amide bonds. The topological polar surface area (TPSA) is 75.7 Å². The maximum absolute atomic E-state index is 12.8. The van der Waals surface area contributed by atoms with Gasteiger partial charge in [-0.3, -0.25) is 9.10 Å². The van der Waals surface area contributed by atoms with E-state index in [4.69, 9.17) is 4.74 Å². The highest BCUT2D eigenvalue weighted by Gasteiger charge is 2.31. The molecule has 2 rings (SSSR count). The number of sulfonamides is 1. The van der Waals surface area contributed by atoms with Gasteiger partial charge < -0.3 is 10.1 Å². The van der Waals surface area contributed by atoms with E-state index in [1.807, 2.05) is 64.1 Å². The van der Waals surface area contributed by atoms with Gasteiger partial charge in [-0.1, -0.05) is 36.8 Å². The lowest BCUT2D eigenvalue weighted by molar-refractivity contribution is -0.122. The van der Waals surface area contributed by atoms with Crippen molar-refractivity contribution in [1.29, 1.82) is 0 Å². The van der Waals surface area contributed by atoms with E-state index in [-0.39, 0.29) is 12.0 Å². The van der Waals surface area contributed by atoms with Crippen molar-refractivity contribution in [2.45, 2.75) is 59.1 Å². The lowest BCUT2D eigenvalue weighted by Gasteiger charge is -2.30. The van der Waals surface area contributed by atoms with E-state index in [0.717, 1.165) is 36.0 Å². The van der Waals surface area contributed by atoms with Crippen LogP contribution in [0.1, 0.15) is 44.7 Å². The Morgan fingerprint density at radius 1 is 1.06 bits per heavy atom. The number of nitrogens with zero attached hydrogens (tertiary/aromatic N) is 1. The lowest BCUT2D eigenvalue weighted by Crippen LogP contribution is -2.49. The van der Waals surface area contributed by atoms with Crippen molar-refractivity contribution in [2.24, 2.45) is 0 Å². The molecule has 0 saturated carbocycles. The van der Waals surface area contributed by atoms with Gasteiger partial charge in [0.2, 0.25) is 15.9 Å². The third-order valence-electron chi connectivity index (χ3n) is 4.85. The van der Waals surface area contributed by atoms with Crippen LogP contribution in [0, 0.1) is 6.92 Å². The first kappa shape index (κ1) is 24.7. The molecule has 31 heavy (non-hydrogen) atoms. The summed E-state index contributed by atoms with van der Waals surface area (Å²) in [6.07, 6.45) is 3.22. The van der Waals surface area contributed by atoms with Crippen molar-refractivity contribution in [1.82, 2.24) is 5.32 Å². The van der Waals surface area contributed by atoms with Crippen LogP contribution in [0.3, 0.4) is 0 Å². The molecule has 2 aromatic carbocycles. The van der Waals surface area contributed by atoms with Crippen LogP contribution in [0.15, 0.2) is 48.5 Å². The summed E-state index contributed by atoms with van der Waals surface area (Å²) in [5.41, 5.74) is 2.69. The van der Waals surface area contributed by atoms with E-state index < -0.39 is 16.1 Å². The molecule has 6 nitrogen and oxygen atoms in total. The number of benzene rings is 2. The van der Waals surface area contributed by atoms with Gasteiger partial charge in [0, 0.05) is 6.54 Å². The fourth-order valence-electron chi connectivity index (χ4n) is 3.38. The van der Waals surface area contributed by atoms with Crippen LogP contribution in [0.25, 0.3) is 0 Å². The average molecular weight is 447 g/mol. The number of anilines is 1. The number of amides is 1. The van der Waals surface area contributed by atoms with E-state index in [1.165, 1.54) is 4.31 Å². The van der Waals surface area contributed by atoms with Crippen LogP contribution < -0.4 is 14.4 Å². The number of hydrogen-bond donors (Lipinski definition) is 1. The first-order valence-corrected chi connectivity index (χ1v) is 12.6. The predicted octanol–water partition coefficient (Wildman–Crippen LogP) is 4.08. The van der Waals surface area contributed by atoms with Crippen LogP contribution in [0.5, 0.6) is 5.75 Å². The zero-order valence-corrected chi connectivity index (χ0v) is 19.9. The Hall–Kier alpha value is -2.54. The summed E-state index contributed by atoms with van der Waals surface area (Å²) in [6, 6.07) is 14.3. The molecule has 0 aliphatic rings. The molecule has 0 spiro atoms. The third kappa shape index (κ3) is 7.58. The minimum Gasteiger partial charge on any atom is -0.491 e. The maximum Gasteiger partial charge on any atom is 0.243 e. The quantitative estimate of drug-likeness (QED) is 0.528. The lowest BCUT2D eigenvalue weighted by atomic mass is 10.1. The Morgan fingerprint density at radius 2 is 1.68 bits per heavy atom. The van der Waals surface area contributed by atoms with Gasteiger partial charge in [0.1, 0.15) is 11.8 Å². The van der Waals surface area contributed by atoms with Crippen molar-refractivity contribution >= 4 is 21.6 Å². The summed E-state index contributed by atoms with van der Waals surface area (Å²) >= 11 is 0. The minimum atomic E-state index is -3.61. The zero-order valence-electron chi connectivity index (χ0n) is 19.1. The van der Waals surface area contributed by atoms with Crippen LogP contribution in [-0.2, 0) is 21.2 Å². The Balaban J connectivity index is 1.96. The Morgan fingerprint density at radius 3 is 2.19 bits per heavy atom. The highest BCUT2D eigenvalue weighted by atomic mass is 32.2. The molecule has 0 aliphatic heterocycles. The van der Waals surface area contributed by atoms with E-state index in [1.54, 1.807) is 12.1 Å². The number of rotatable bonds is 11. The van der Waals surface area contributed by atoms with E-state index in [2.05, 4.69) is 5.32 Å². The van der Waals surface area contributed by atoms with Gasteiger partial charge in [-0.2, -0.15) is 0 Å². The number of carbonyl (C=O) groups excluding carboxylic acids is 1. The highest BCUT2D eigenvalue weighted by molar-refractivity contribution is 7.92. The van der Waals surface area contributed by atoms with Crippen LogP contribution >= 0.6 is 0 Å². The Bertz CT molecular complexity index is 939. The van der Waals surface area contributed by atoms with Gasteiger partial charge in [0.25, 0.3) is 0 Å². The molecule has 0 radical (unpaired) electrons. The number of hydrogen-bond acceptors (Lipinski definition) is 4. The molecule has 170 valence electrons. The van der Waals surface area contributed by atoms with Crippen molar-refractivity contribution in [3.63, 3.8) is 0 Å². The molecule has 2 aromatic rings. The maximum atomic E-state index is 12.8. The van der Waals surface area contributed by atoms with Gasteiger partial charge in [0.15, 0.2) is 0 Å². The number of carbonyl (C=O) groups is 1. The monoisotopic (exact) mass is 446 g/mol. The number of aryl methyl sites for hydroxylation is 2. The molecule has 0 saturated heterocycles. The Kier molecular flexibility index (Phi) is 8.92. The van der Waals surface area contributed by atoms with Crippen molar-refractivity contribution < 1.29 is 17.9 Å². The SMILES string of the molecule is CCC(C(=O)NCCCc1ccc(OC(C)C)cc1)N(c1ccc(C)cc1)S(C)(=O)=O. The first-order chi connectivity index (χ1) is 14.6. The van der Waals surface area contributed by atoms with Crippen LogP contribution in [0.2, 0.25) is 0 Å². The van der Waals surface area contributed by atoms with E-state index >= 15 is 0 Å². The fourth-order valence-corrected chi connectivity index (χ4v) is 4.59. The molecule has 0 fully saturated rings. The standard InChI is InChI=1S/C24H34N2O4S/c1-6-23(26(31(5,28)29)21-13-9-19(4)10-14-21)24(27)25-17-7-8-20-11-15-22(16-12-20)30-18(2)3/h9-16,18,23H,6-8,17H2,1-5H3,(H,25,27). The predicted molar refractivity (Wildman–Crippen MR) is 126 cm³/mol. The van der Waals surface area contributed by atoms with E-state index in [9.17, 15) is 13.2 Å². The summed E-state index contributed by atoms with van der Waals surface area (Å²) < 4.78 is 31.8. The largest absolute Gasteiger partial charge is 0.491 e. The second kappa shape index (κ2) is 11.2. The molecule has 7 heteroatoms. The van der Waals surface area contributed by atoms with E-state index in [0.29, 0.717) is 18.7 Å². The van der Waals surface area contributed by atoms with Crippen LogP contribution in [0.4, 0.5) is 5.69 Å². The van der Waals surface area contributed by atoms with Gasteiger partial charge in [0.05, 0.1) is 18.0 Å². The third-order valence-corrected chi connectivity index (χ3v) is 6.03. The average Bonchev–Trinajstić information content (AvgIpc) is 2.70. The Labute approximate surface area is 186 Å². The molecule has 1 N–H and O–H groups in total. The molecule has 0 aromatic heterocycles. The summed E-state index contributed by atoms with van der Waals surface area (Å²) in [5, 5.41) is 2.91. The summed E-state index contributed by atoms with van der Waals surface area (Å²) in [4.78, 5) is 12.8. The van der Waals surface area contributed by atoms with Crippen molar-refractivity contribution in [2.75, 3.05) is 17.1 Å². The molecule has 1 atom stereocenters. The first-order valence-electron chi connectivity index (χ1n) is 10.7. The normalized spacial score (nSPS) is 12.5.